The van der Waals surface area contributed by atoms with Crippen molar-refractivity contribution in [3.8, 4) is 21.4 Å². The Labute approximate surface area is 180 Å². The minimum absolute atomic E-state index is 0.264. The van der Waals surface area contributed by atoms with Crippen LogP contribution in [-0.2, 0) is 4.74 Å². The largest absolute Gasteiger partial charge is 0.444 e. The molecule has 11 heteroatoms. The fraction of sp³-hybridized carbons (Fsp3) is 0.353. The number of nitrogens with zero attached hydrogens (tertiary/aromatic N) is 3. The van der Waals surface area contributed by atoms with Crippen LogP contribution in [0.15, 0.2) is 16.1 Å². The van der Waals surface area contributed by atoms with E-state index in [1.807, 2.05) is 43.8 Å². The minimum atomic E-state index is -0.543. The highest BCUT2D eigenvalue weighted by molar-refractivity contribution is 7.80. The Bertz CT molecular complexity index is 1000. The molecule has 148 valence electrons. The zero-order chi connectivity index (χ0) is 20.5. The number of aromatic nitrogens is 3. The van der Waals surface area contributed by atoms with Crippen molar-refractivity contribution in [3.63, 3.8) is 0 Å². The van der Waals surface area contributed by atoms with Gasteiger partial charge in [0.1, 0.15) is 42.7 Å². The summed E-state index contributed by atoms with van der Waals surface area (Å²) in [5.74, 6) is 0. The first-order valence-corrected chi connectivity index (χ1v) is 11.3. The lowest BCUT2D eigenvalue weighted by molar-refractivity contribution is 0.0508. The zero-order valence-electron chi connectivity index (χ0n) is 15.7. The molecule has 0 spiro atoms. The first-order chi connectivity index (χ1) is 13.1. The highest BCUT2D eigenvalue weighted by Crippen LogP contribution is 2.32. The Balaban J connectivity index is 1.71. The quantitative estimate of drug-likeness (QED) is 0.544. The summed E-state index contributed by atoms with van der Waals surface area (Å²) >= 11 is 9.35. The number of thiocarbonyl (C=S) groups is 1. The molecule has 0 unspecified atom stereocenters. The summed E-state index contributed by atoms with van der Waals surface area (Å²) in [6.07, 6.45) is -0.467. The van der Waals surface area contributed by atoms with Gasteiger partial charge in [0.25, 0.3) is 0 Å². The second-order valence-corrected chi connectivity index (χ2v) is 9.92. The highest BCUT2D eigenvalue weighted by atomic mass is 32.1. The summed E-state index contributed by atoms with van der Waals surface area (Å²) in [4.78, 5) is 25.8. The summed E-state index contributed by atoms with van der Waals surface area (Å²) in [5.41, 5.74) is 7.20. The summed E-state index contributed by atoms with van der Waals surface area (Å²) in [6.45, 7) is 7.34. The Hall–Kier alpha value is -1.95. The van der Waals surface area contributed by atoms with Crippen molar-refractivity contribution in [2.24, 2.45) is 5.73 Å². The van der Waals surface area contributed by atoms with Gasteiger partial charge in [0, 0.05) is 16.1 Å². The maximum absolute atomic E-state index is 11.9. The van der Waals surface area contributed by atoms with E-state index >= 15 is 0 Å². The average molecular weight is 454 g/mol. The number of ether oxygens (including phenoxy) is 1. The van der Waals surface area contributed by atoms with E-state index in [-0.39, 0.29) is 11.0 Å². The Morgan fingerprint density at radius 1 is 1.11 bits per heavy atom. The molecule has 0 aromatic carbocycles. The minimum Gasteiger partial charge on any atom is -0.444 e. The number of nitrogens with two attached hydrogens (primary N) is 1. The second kappa shape index (κ2) is 8.19. The van der Waals surface area contributed by atoms with E-state index < -0.39 is 11.7 Å². The van der Waals surface area contributed by atoms with Crippen molar-refractivity contribution in [3.05, 3.63) is 26.8 Å². The second-order valence-electron chi connectivity index (χ2n) is 6.88. The van der Waals surface area contributed by atoms with E-state index in [2.05, 4.69) is 20.3 Å². The van der Waals surface area contributed by atoms with Gasteiger partial charge in [-0.25, -0.2) is 19.7 Å². The molecule has 0 aliphatic carbocycles. The molecule has 28 heavy (non-hydrogen) atoms. The molecule has 3 aromatic heterocycles. The van der Waals surface area contributed by atoms with Crippen LogP contribution in [0.1, 0.15) is 44.4 Å². The number of amides is 1. The van der Waals surface area contributed by atoms with E-state index in [1.165, 1.54) is 34.0 Å². The summed E-state index contributed by atoms with van der Waals surface area (Å²) in [6, 6.07) is -0.264. The van der Waals surface area contributed by atoms with Crippen LogP contribution in [0, 0.1) is 0 Å². The number of carbonyl (C=O) groups is 1. The van der Waals surface area contributed by atoms with Gasteiger partial charge in [-0.05, 0) is 27.7 Å². The maximum Gasteiger partial charge on any atom is 0.408 e. The Morgan fingerprint density at radius 3 is 2.36 bits per heavy atom. The van der Waals surface area contributed by atoms with Crippen LogP contribution in [0.4, 0.5) is 4.79 Å². The first kappa shape index (κ1) is 20.8. The standard InChI is InChI=1S/C17H19N5O2S4/c1-8(19-16(23)24-17(2,3)4)13-21-10(6-26-13)15-22-11(7-28-15)14-20-9(5-27-14)12(18)25/h5-8H,1-4H3,(H2,18,25)(H,19,23)/t8-/m1/s1. The number of thiazole rings is 3. The molecule has 3 heterocycles. The molecular weight excluding hydrogens is 434 g/mol. The third-order valence-corrected chi connectivity index (χ3v) is 6.29. The molecule has 7 nitrogen and oxygen atoms in total. The van der Waals surface area contributed by atoms with Crippen molar-refractivity contribution < 1.29 is 9.53 Å². The molecule has 3 rings (SSSR count). The number of carbonyl (C=O) groups excluding carboxylic acids is 1. The van der Waals surface area contributed by atoms with Gasteiger partial charge in [0.05, 0.1) is 6.04 Å². The molecule has 1 amide bonds. The van der Waals surface area contributed by atoms with Crippen LogP contribution in [0.25, 0.3) is 21.4 Å². The third-order valence-electron chi connectivity index (χ3n) is 3.32. The van der Waals surface area contributed by atoms with E-state index in [0.717, 1.165) is 26.4 Å². The van der Waals surface area contributed by atoms with Crippen molar-refractivity contribution in [1.82, 2.24) is 20.3 Å². The van der Waals surface area contributed by atoms with E-state index in [9.17, 15) is 4.79 Å². The molecule has 0 saturated carbocycles. The third kappa shape index (κ3) is 5.10. The van der Waals surface area contributed by atoms with Gasteiger partial charge < -0.3 is 15.8 Å². The van der Waals surface area contributed by atoms with Gasteiger partial charge in [-0.15, -0.1) is 34.0 Å². The molecule has 0 aliphatic rings. The molecule has 3 N–H and O–H groups in total. The summed E-state index contributed by atoms with van der Waals surface area (Å²) < 4.78 is 5.29. The molecule has 0 fully saturated rings. The van der Waals surface area contributed by atoms with Gasteiger partial charge >= 0.3 is 6.09 Å². The lowest BCUT2D eigenvalue weighted by atomic mass is 10.2. The molecule has 0 bridgehead atoms. The van der Waals surface area contributed by atoms with Gasteiger partial charge in [-0.1, -0.05) is 12.2 Å². The van der Waals surface area contributed by atoms with Gasteiger partial charge in [-0.3, -0.25) is 0 Å². The van der Waals surface area contributed by atoms with Crippen molar-refractivity contribution in [2.45, 2.75) is 39.3 Å². The van der Waals surface area contributed by atoms with Crippen molar-refractivity contribution in [1.29, 1.82) is 0 Å². The maximum atomic E-state index is 11.9. The predicted octanol–water partition coefficient (Wildman–Crippen LogP) is 4.61. The van der Waals surface area contributed by atoms with E-state index in [4.69, 9.17) is 22.7 Å². The number of alkyl carbamates (subject to hydrolysis) is 1. The fourth-order valence-electron chi connectivity index (χ4n) is 2.12. The highest BCUT2D eigenvalue weighted by Gasteiger charge is 2.20. The summed E-state index contributed by atoms with van der Waals surface area (Å²) in [7, 11) is 0. The topological polar surface area (TPSA) is 103 Å². The van der Waals surface area contributed by atoms with Crippen LogP contribution in [0.5, 0.6) is 0 Å². The van der Waals surface area contributed by atoms with Crippen LogP contribution >= 0.6 is 46.2 Å². The number of hydrogen-bond acceptors (Lipinski definition) is 9. The number of rotatable bonds is 5. The SMILES string of the molecule is C[C@@H](NC(=O)OC(C)(C)C)c1nc(-c2nc(-c3nc(C(N)=S)cs3)cs2)cs1. The first-order valence-electron chi connectivity index (χ1n) is 8.29. The summed E-state index contributed by atoms with van der Waals surface area (Å²) in [5, 5.41) is 10.8. The lowest BCUT2D eigenvalue weighted by Crippen LogP contribution is -2.34. The normalized spacial score (nSPS) is 12.6. The molecular formula is C17H19N5O2S4. The molecule has 1 atom stereocenters. The van der Waals surface area contributed by atoms with Gasteiger partial charge in [-0.2, -0.15) is 0 Å². The lowest BCUT2D eigenvalue weighted by Gasteiger charge is -2.21. The van der Waals surface area contributed by atoms with Crippen LogP contribution in [-0.4, -0.2) is 31.6 Å². The molecule has 0 aliphatic heterocycles. The van der Waals surface area contributed by atoms with Gasteiger partial charge in [0.15, 0.2) is 0 Å². The molecule has 0 saturated heterocycles. The van der Waals surface area contributed by atoms with Crippen molar-refractivity contribution >= 4 is 57.3 Å². The fourth-order valence-corrected chi connectivity index (χ4v) is 4.81. The van der Waals surface area contributed by atoms with E-state index in [0.29, 0.717) is 5.69 Å². The smallest absolute Gasteiger partial charge is 0.408 e. The molecule has 0 radical (unpaired) electrons. The Morgan fingerprint density at radius 2 is 1.71 bits per heavy atom. The average Bonchev–Trinajstić information content (AvgIpc) is 3.31. The monoisotopic (exact) mass is 453 g/mol. The van der Waals surface area contributed by atoms with Crippen LogP contribution in [0.2, 0.25) is 0 Å². The van der Waals surface area contributed by atoms with Crippen LogP contribution in [0.3, 0.4) is 0 Å². The number of hydrogen-bond donors (Lipinski definition) is 2. The number of nitrogens with one attached hydrogen (secondary N) is 1. The van der Waals surface area contributed by atoms with E-state index in [1.54, 1.807) is 0 Å². The van der Waals surface area contributed by atoms with Crippen LogP contribution < -0.4 is 11.1 Å². The predicted molar refractivity (Wildman–Crippen MR) is 118 cm³/mol. The Kier molecular flexibility index (Phi) is 6.08. The van der Waals surface area contributed by atoms with Crippen molar-refractivity contribution in [2.75, 3.05) is 0 Å². The zero-order valence-corrected chi connectivity index (χ0v) is 18.9. The van der Waals surface area contributed by atoms with Gasteiger partial charge in [0.2, 0.25) is 0 Å². The molecule has 3 aromatic rings.